The number of rotatable bonds is 5. The van der Waals surface area contributed by atoms with E-state index >= 15 is 0 Å². The van der Waals surface area contributed by atoms with Crippen LogP contribution in [0.2, 0.25) is 0 Å². The van der Waals surface area contributed by atoms with Gasteiger partial charge in [-0.05, 0) is 30.4 Å². The maximum Gasteiger partial charge on any atom is 0.388 e. The second-order valence-electron chi connectivity index (χ2n) is 3.95. The number of alkyl halides is 2. The van der Waals surface area contributed by atoms with Crippen molar-refractivity contribution in [1.29, 1.82) is 0 Å². The normalized spacial score (nSPS) is 12.9. The lowest BCUT2D eigenvalue weighted by Gasteiger charge is -2.14. The predicted molar refractivity (Wildman–Crippen MR) is 58.9 cm³/mol. The van der Waals surface area contributed by atoms with Gasteiger partial charge < -0.3 is 4.74 Å². The van der Waals surface area contributed by atoms with Crippen molar-refractivity contribution in [2.24, 2.45) is 0 Å². The Labute approximate surface area is 94.7 Å². The largest absolute Gasteiger partial charge is 0.417 e. The van der Waals surface area contributed by atoms with E-state index in [1.807, 2.05) is 6.92 Å². The Bertz CT molecular complexity index is 342. The average Bonchev–Trinajstić information content (AvgIpc) is 2.20. The lowest BCUT2D eigenvalue weighted by atomic mass is 9.94. The minimum absolute atomic E-state index is 0.00134. The van der Waals surface area contributed by atoms with Crippen LogP contribution in [0.3, 0.4) is 0 Å². The predicted octanol–water partition coefficient (Wildman–Crippen LogP) is 3.90. The van der Waals surface area contributed by atoms with E-state index in [0.717, 1.165) is 24.0 Å². The van der Waals surface area contributed by atoms with E-state index < -0.39 is 6.61 Å². The Morgan fingerprint density at radius 3 is 2.69 bits per heavy atom. The summed E-state index contributed by atoms with van der Waals surface area (Å²) < 4.78 is 28.4. The van der Waals surface area contributed by atoms with Crippen LogP contribution in [0.5, 0.6) is 5.88 Å². The summed E-state index contributed by atoms with van der Waals surface area (Å²) in [5, 5.41) is 0. The Morgan fingerprint density at radius 1 is 1.44 bits per heavy atom. The van der Waals surface area contributed by atoms with E-state index in [4.69, 9.17) is 0 Å². The van der Waals surface area contributed by atoms with Crippen molar-refractivity contribution in [3.8, 4) is 5.88 Å². The molecule has 0 aromatic carbocycles. The lowest BCUT2D eigenvalue weighted by Crippen LogP contribution is -2.05. The lowest BCUT2D eigenvalue weighted by molar-refractivity contribution is -0.0529. The maximum atomic E-state index is 12.0. The zero-order chi connectivity index (χ0) is 12.1. The number of hydrogen-bond donors (Lipinski definition) is 0. The fourth-order valence-electron chi connectivity index (χ4n) is 1.79. The summed E-state index contributed by atoms with van der Waals surface area (Å²) in [7, 11) is 0. The van der Waals surface area contributed by atoms with Gasteiger partial charge in [0.1, 0.15) is 0 Å². The molecule has 1 aromatic heterocycles. The molecule has 0 aliphatic heterocycles. The zero-order valence-electron chi connectivity index (χ0n) is 9.84. The number of hydrogen-bond acceptors (Lipinski definition) is 2. The molecule has 0 fully saturated rings. The SMILES string of the molecule is CCCC(C)c1cc(OC(F)F)ncc1C. The first-order valence-electron chi connectivity index (χ1n) is 5.46. The highest BCUT2D eigenvalue weighted by atomic mass is 19.3. The van der Waals surface area contributed by atoms with Gasteiger partial charge in [0.15, 0.2) is 0 Å². The topological polar surface area (TPSA) is 22.1 Å². The fourth-order valence-corrected chi connectivity index (χ4v) is 1.79. The number of nitrogens with zero attached hydrogens (tertiary/aromatic N) is 1. The van der Waals surface area contributed by atoms with Crippen LogP contribution in [0.4, 0.5) is 8.78 Å². The van der Waals surface area contributed by atoms with Gasteiger partial charge in [0, 0.05) is 12.3 Å². The van der Waals surface area contributed by atoms with Crippen LogP contribution in [-0.4, -0.2) is 11.6 Å². The molecule has 0 bridgehead atoms. The molecule has 2 nitrogen and oxygen atoms in total. The standard InChI is InChI=1S/C12H17F2NO/c1-4-5-8(2)10-6-11(16-12(13)14)15-7-9(10)3/h6-8,12H,4-5H2,1-3H3. The van der Waals surface area contributed by atoms with E-state index in [1.54, 1.807) is 12.3 Å². The molecule has 1 aromatic rings. The van der Waals surface area contributed by atoms with Crippen molar-refractivity contribution in [2.45, 2.75) is 46.1 Å². The van der Waals surface area contributed by atoms with Crippen molar-refractivity contribution in [1.82, 2.24) is 4.98 Å². The third-order valence-electron chi connectivity index (χ3n) is 2.58. The van der Waals surface area contributed by atoms with Crippen LogP contribution in [-0.2, 0) is 0 Å². The Morgan fingerprint density at radius 2 is 2.12 bits per heavy atom. The Kier molecular flexibility index (Phi) is 4.65. The average molecular weight is 229 g/mol. The molecule has 0 saturated heterocycles. The van der Waals surface area contributed by atoms with E-state index in [2.05, 4.69) is 23.6 Å². The van der Waals surface area contributed by atoms with Gasteiger partial charge in [0.2, 0.25) is 5.88 Å². The van der Waals surface area contributed by atoms with Crippen LogP contribution >= 0.6 is 0 Å². The van der Waals surface area contributed by atoms with Crippen molar-refractivity contribution < 1.29 is 13.5 Å². The molecule has 0 aliphatic carbocycles. The van der Waals surface area contributed by atoms with E-state index in [1.165, 1.54) is 0 Å². The summed E-state index contributed by atoms with van der Waals surface area (Å²) in [5.41, 5.74) is 2.05. The smallest absolute Gasteiger partial charge is 0.388 e. The van der Waals surface area contributed by atoms with Crippen LogP contribution in [0, 0.1) is 6.92 Å². The molecule has 1 atom stereocenters. The number of pyridine rings is 1. The van der Waals surface area contributed by atoms with Gasteiger partial charge in [-0.1, -0.05) is 20.3 Å². The van der Waals surface area contributed by atoms with Crippen LogP contribution in [0.1, 0.15) is 43.7 Å². The molecule has 4 heteroatoms. The van der Waals surface area contributed by atoms with Gasteiger partial charge in [-0.15, -0.1) is 0 Å². The molecule has 0 N–H and O–H groups in total. The number of ether oxygens (including phenoxy) is 1. The molecule has 0 aliphatic rings. The fraction of sp³-hybridized carbons (Fsp3) is 0.583. The summed E-state index contributed by atoms with van der Waals surface area (Å²) in [5.74, 6) is 0.339. The van der Waals surface area contributed by atoms with E-state index in [-0.39, 0.29) is 5.88 Å². The van der Waals surface area contributed by atoms with Crippen molar-refractivity contribution >= 4 is 0 Å². The molecule has 90 valence electrons. The summed E-state index contributed by atoms with van der Waals surface area (Å²) in [6, 6.07) is 1.61. The van der Waals surface area contributed by atoms with Crippen LogP contribution < -0.4 is 4.74 Å². The Hall–Kier alpha value is -1.19. The summed E-state index contributed by atoms with van der Waals surface area (Å²) >= 11 is 0. The van der Waals surface area contributed by atoms with Crippen LogP contribution in [0.25, 0.3) is 0 Å². The Balaban J connectivity index is 2.89. The first-order chi connectivity index (χ1) is 7.54. The summed E-state index contributed by atoms with van der Waals surface area (Å²) in [4.78, 5) is 3.82. The highest BCUT2D eigenvalue weighted by Gasteiger charge is 2.12. The third kappa shape index (κ3) is 3.43. The minimum Gasteiger partial charge on any atom is -0.417 e. The molecule has 1 unspecified atom stereocenters. The first kappa shape index (κ1) is 12.9. The molecule has 0 saturated carbocycles. The molecule has 0 amide bonds. The molecular weight excluding hydrogens is 212 g/mol. The third-order valence-corrected chi connectivity index (χ3v) is 2.58. The van der Waals surface area contributed by atoms with Gasteiger partial charge >= 0.3 is 6.61 Å². The molecular formula is C12H17F2NO. The summed E-state index contributed by atoms with van der Waals surface area (Å²) in [6.45, 7) is 3.30. The van der Waals surface area contributed by atoms with Gasteiger partial charge in [-0.25, -0.2) is 4.98 Å². The molecule has 0 radical (unpaired) electrons. The van der Waals surface area contributed by atoms with Gasteiger partial charge in [0.25, 0.3) is 0 Å². The van der Waals surface area contributed by atoms with E-state index in [0.29, 0.717) is 5.92 Å². The second-order valence-corrected chi connectivity index (χ2v) is 3.95. The quantitative estimate of drug-likeness (QED) is 0.764. The monoisotopic (exact) mass is 229 g/mol. The first-order valence-corrected chi connectivity index (χ1v) is 5.46. The molecule has 16 heavy (non-hydrogen) atoms. The van der Waals surface area contributed by atoms with Crippen LogP contribution in [0.15, 0.2) is 12.3 Å². The molecule has 0 spiro atoms. The van der Waals surface area contributed by atoms with Crippen molar-refractivity contribution in [3.63, 3.8) is 0 Å². The molecule has 1 rings (SSSR count). The van der Waals surface area contributed by atoms with Crippen molar-refractivity contribution in [3.05, 3.63) is 23.4 Å². The zero-order valence-corrected chi connectivity index (χ0v) is 9.84. The maximum absolute atomic E-state index is 12.0. The van der Waals surface area contributed by atoms with Gasteiger partial charge in [0.05, 0.1) is 0 Å². The van der Waals surface area contributed by atoms with Gasteiger partial charge in [-0.3, -0.25) is 0 Å². The number of aromatic nitrogens is 1. The number of halogens is 2. The van der Waals surface area contributed by atoms with Crippen molar-refractivity contribution in [2.75, 3.05) is 0 Å². The highest BCUT2D eigenvalue weighted by molar-refractivity contribution is 5.31. The minimum atomic E-state index is -2.82. The number of aryl methyl sites for hydroxylation is 1. The second kappa shape index (κ2) is 5.77. The summed E-state index contributed by atoms with van der Waals surface area (Å²) in [6.07, 6.45) is 3.67. The molecule has 1 heterocycles. The van der Waals surface area contributed by atoms with Gasteiger partial charge in [-0.2, -0.15) is 8.78 Å². The van der Waals surface area contributed by atoms with E-state index in [9.17, 15) is 8.78 Å². The highest BCUT2D eigenvalue weighted by Crippen LogP contribution is 2.26.